The summed E-state index contributed by atoms with van der Waals surface area (Å²) in [5, 5.41) is 3.76. The number of piperazine rings is 1. The van der Waals surface area contributed by atoms with Crippen molar-refractivity contribution in [3.63, 3.8) is 0 Å². The number of nitrogens with zero attached hydrogens (tertiary/aromatic N) is 1. The van der Waals surface area contributed by atoms with Crippen molar-refractivity contribution in [2.75, 3.05) is 19.6 Å². The van der Waals surface area contributed by atoms with Crippen molar-refractivity contribution in [2.24, 2.45) is 11.8 Å². The SMILES string of the molecule is CCCC1CN(CC2CC=CCC2)C(C(C)C)CN1. The third-order valence-electron chi connectivity index (χ3n) is 4.82. The van der Waals surface area contributed by atoms with Crippen LogP contribution in [0.2, 0.25) is 0 Å². The molecule has 0 amide bonds. The van der Waals surface area contributed by atoms with Gasteiger partial charge in [0.25, 0.3) is 0 Å². The van der Waals surface area contributed by atoms with Gasteiger partial charge in [0.1, 0.15) is 0 Å². The summed E-state index contributed by atoms with van der Waals surface area (Å²) >= 11 is 0. The highest BCUT2D eigenvalue weighted by molar-refractivity contribution is 4.94. The topological polar surface area (TPSA) is 15.3 Å². The molecular weight excluding hydrogens is 232 g/mol. The zero-order valence-corrected chi connectivity index (χ0v) is 13.1. The highest BCUT2D eigenvalue weighted by Crippen LogP contribution is 2.24. The highest BCUT2D eigenvalue weighted by Gasteiger charge is 2.30. The van der Waals surface area contributed by atoms with Crippen LogP contribution in [0.3, 0.4) is 0 Å². The van der Waals surface area contributed by atoms with Crippen LogP contribution in [0.1, 0.15) is 52.9 Å². The summed E-state index contributed by atoms with van der Waals surface area (Å²) in [4.78, 5) is 2.80. The predicted octanol–water partition coefficient (Wildman–Crippen LogP) is 3.44. The van der Waals surface area contributed by atoms with Crippen molar-refractivity contribution >= 4 is 0 Å². The fraction of sp³-hybridized carbons (Fsp3) is 0.882. The fourth-order valence-electron chi connectivity index (χ4n) is 3.66. The Morgan fingerprint density at radius 1 is 1.32 bits per heavy atom. The monoisotopic (exact) mass is 264 g/mol. The van der Waals surface area contributed by atoms with Crippen LogP contribution in [0, 0.1) is 11.8 Å². The second kappa shape index (κ2) is 7.44. The maximum absolute atomic E-state index is 3.76. The summed E-state index contributed by atoms with van der Waals surface area (Å²) in [7, 11) is 0. The molecule has 19 heavy (non-hydrogen) atoms. The molecule has 1 aliphatic carbocycles. The Morgan fingerprint density at radius 3 is 2.79 bits per heavy atom. The first-order valence-corrected chi connectivity index (χ1v) is 8.33. The smallest absolute Gasteiger partial charge is 0.0244 e. The molecule has 0 spiro atoms. The molecule has 1 heterocycles. The minimum atomic E-state index is 0.721. The van der Waals surface area contributed by atoms with Crippen molar-refractivity contribution in [1.82, 2.24) is 10.2 Å². The first-order chi connectivity index (χ1) is 9.20. The molecular formula is C17H32N2. The van der Waals surface area contributed by atoms with Gasteiger partial charge in [-0.3, -0.25) is 4.90 Å². The average molecular weight is 264 g/mol. The van der Waals surface area contributed by atoms with Crippen molar-refractivity contribution < 1.29 is 0 Å². The van der Waals surface area contributed by atoms with Gasteiger partial charge in [0.05, 0.1) is 0 Å². The molecule has 2 rings (SSSR count). The Bertz CT molecular complexity index is 285. The molecule has 110 valence electrons. The lowest BCUT2D eigenvalue weighted by atomic mass is 9.90. The number of hydrogen-bond donors (Lipinski definition) is 1. The van der Waals surface area contributed by atoms with E-state index in [1.807, 2.05) is 0 Å². The number of nitrogens with one attached hydrogen (secondary N) is 1. The normalized spacial score (nSPS) is 32.9. The molecule has 1 fully saturated rings. The lowest BCUT2D eigenvalue weighted by Crippen LogP contribution is -2.59. The van der Waals surface area contributed by atoms with Crippen LogP contribution in [0.25, 0.3) is 0 Å². The summed E-state index contributed by atoms with van der Waals surface area (Å²) in [6, 6.07) is 1.46. The van der Waals surface area contributed by atoms with Gasteiger partial charge in [0, 0.05) is 31.7 Å². The third-order valence-corrected chi connectivity index (χ3v) is 4.82. The second-order valence-corrected chi connectivity index (χ2v) is 6.81. The first kappa shape index (κ1) is 15.1. The van der Waals surface area contributed by atoms with Gasteiger partial charge in [-0.25, -0.2) is 0 Å². The fourth-order valence-corrected chi connectivity index (χ4v) is 3.66. The van der Waals surface area contributed by atoms with Crippen LogP contribution in [0.4, 0.5) is 0 Å². The predicted molar refractivity (Wildman–Crippen MR) is 83.4 cm³/mol. The summed E-state index contributed by atoms with van der Waals surface area (Å²) in [6.07, 6.45) is 11.4. The lowest BCUT2D eigenvalue weighted by molar-refractivity contribution is 0.0772. The molecule has 3 atom stereocenters. The molecule has 1 N–H and O–H groups in total. The zero-order valence-electron chi connectivity index (χ0n) is 13.1. The van der Waals surface area contributed by atoms with Gasteiger partial charge in [-0.1, -0.05) is 39.3 Å². The van der Waals surface area contributed by atoms with E-state index < -0.39 is 0 Å². The van der Waals surface area contributed by atoms with Gasteiger partial charge in [0.15, 0.2) is 0 Å². The molecule has 0 aromatic carbocycles. The molecule has 0 bridgehead atoms. The number of hydrogen-bond acceptors (Lipinski definition) is 2. The molecule has 0 saturated carbocycles. The van der Waals surface area contributed by atoms with Gasteiger partial charge in [-0.05, 0) is 37.5 Å². The Kier molecular flexibility index (Phi) is 5.90. The third kappa shape index (κ3) is 4.32. The van der Waals surface area contributed by atoms with Gasteiger partial charge in [-0.15, -0.1) is 0 Å². The minimum Gasteiger partial charge on any atom is -0.311 e. The van der Waals surface area contributed by atoms with Crippen molar-refractivity contribution in [3.05, 3.63) is 12.2 Å². The van der Waals surface area contributed by atoms with E-state index in [0.717, 1.165) is 23.9 Å². The van der Waals surface area contributed by atoms with E-state index in [9.17, 15) is 0 Å². The molecule has 0 aromatic rings. The van der Waals surface area contributed by atoms with E-state index in [4.69, 9.17) is 0 Å². The maximum atomic E-state index is 3.76. The van der Waals surface area contributed by atoms with Gasteiger partial charge in [-0.2, -0.15) is 0 Å². The first-order valence-electron chi connectivity index (χ1n) is 8.33. The maximum Gasteiger partial charge on any atom is 0.0244 e. The van der Waals surface area contributed by atoms with E-state index in [1.165, 1.54) is 51.7 Å². The highest BCUT2D eigenvalue weighted by atomic mass is 15.2. The van der Waals surface area contributed by atoms with Gasteiger partial charge >= 0.3 is 0 Å². The van der Waals surface area contributed by atoms with E-state index in [2.05, 4.69) is 43.1 Å². The molecule has 3 unspecified atom stereocenters. The average Bonchev–Trinajstić information content (AvgIpc) is 2.40. The lowest BCUT2D eigenvalue weighted by Gasteiger charge is -2.44. The molecule has 1 saturated heterocycles. The summed E-state index contributed by atoms with van der Waals surface area (Å²) in [6.45, 7) is 10.8. The number of rotatable bonds is 5. The Balaban J connectivity index is 1.92. The van der Waals surface area contributed by atoms with E-state index in [-0.39, 0.29) is 0 Å². The summed E-state index contributed by atoms with van der Waals surface area (Å²) in [5.74, 6) is 1.65. The quantitative estimate of drug-likeness (QED) is 0.765. The second-order valence-electron chi connectivity index (χ2n) is 6.81. The molecule has 1 aliphatic heterocycles. The molecule has 2 heteroatoms. The van der Waals surface area contributed by atoms with Crippen molar-refractivity contribution in [1.29, 1.82) is 0 Å². The van der Waals surface area contributed by atoms with Gasteiger partial charge < -0.3 is 5.32 Å². The van der Waals surface area contributed by atoms with Crippen LogP contribution in [0.5, 0.6) is 0 Å². The van der Waals surface area contributed by atoms with Crippen LogP contribution in [-0.2, 0) is 0 Å². The van der Waals surface area contributed by atoms with E-state index in [0.29, 0.717) is 0 Å². The van der Waals surface area contributed by atoms with Crippen molar-refractivity contribution in [3.8, 4) is 0 Å². The van der Waals surface area contributed by atoms with Crippen LogP contribution in [0.15, 0.2) is 12.2 Å². The van der Waals surface area contributed by atoms with Crippen LogP contribution < -0.4 is 5.32 Å². The Morgan fingerprint density at radius 2 is 2.16 bits per heavy atom. The molecule has 2 aliphatic rings. The van der Waals surface area contributed by atoms with Crippen LogP contribution >= 0.6 is 0 Å². The number of allylic oxidation sites excluding steroid dienone is 2. The zero-order chi connectivity index (χ0) is 13.7. The summed E-state index contributed by atoms with van der Waals surface area (Å²) < 4.78 is 0. The Hall–Kier alpha value is -0.340. The van der Waals surface area contributed by atoms with E-state index >= 15 is 0 Å². The van der Waals surface area contributed by atoms with E-state index in [1.54, 1.807) is 0 Å². The molecule has 0 radical (unpaired) electrons. The molecule has 2 nitrogen and oxygen atoms in total. The Labute approximate surface area is 119 Å². The minimum absolute atomic E-state index is 0.721. The van der Waals surface area contributed by atoms with Crippen LogP contribution in [-0.4, -0.2) is 36.6 Å². The van der Waals surface area contributed by atoms with Crippen molar-refractivity contribution in [2.45, 2.75) is 65.0 Å². The van der Waals surface area contributed by atoms with Gasteiger partial charge in [0.2, 0.25) is 0 Å². The molecule has 0 aromatic heterocycles. The largest absolute Gasteiger partial charge is 0.311 e. The summed E-state index contributed by atoms with van der Waals surface area (Å²) in [5.41, 5.74) is 0. The standard InChI is InChI=1S/C17H32N2/c1-4-8-16-13-19(17(11-18-16)14(2)3)12-15-9-6-5-7-10-15/h5-6,14-18H,4,7-13H2,1-3H3.